The summed E-state index contributed by atoms with van der Waals surface area (Å²) < 4.78 is 5.26. The van der Waals surface area contributed by atoms with Crippen LogP contribution in [-0.4, -0.2) is 39.8 Å². The highest BCUT2D eigenvalue weighted by molar-refractivity contribution is 6.31. The quantitative estimate of drug-likeness (QED) is 0.357. The number of hydrogen-bond acceptors (Lipinski definition) is 4. The zero-order valence-electron chi connectivity index (χ0n) is 19.8. The Morgan fingerprint density at radius 3 is 2.49 bits per heavy atom. The highest BCUT2D eigenvalue weighted by Gasteiger charge is 2.42. The Morgan fingerprint density at radius 2 is 1.80 bits per heavy atom. The van der Waals surface area contributed by atoms with Gasteiger partial charge in [0.15, 0.2) is 0 Å². The number of aromatic amines is 1. The Bertz CT molecular complexity index is 1390. The summed E-state index contributed by atoms with van der Waals surface area (Å²) in [6, 6.07) is 19.0. The number of benzene rings is 3. The van der Waals surface area contributed by atoms with Crippen LogP contribution in [0.1, 0.15) is 44.3 Å². The fourth-order valence-corrected chi connectivity index (χ4v) is 4.79. The van der Waals surface area contributed by atoms with Crippen molar-refractivity contribution in [1.29, 1.82) is 0 Å². The van der Waals surface area contributed by atoms with Crippen molar-refractivity contribution in [3.8, 4) is 22.8 Å². The molecule has 7 heteroatoms. The van der Waals surface area contributed by atoms with Gasteiger partial charge in [0.25, 0.3) is 5.91 Å². The van der Waals surface area contributed by atoms with Gasteiger partial charge in [-0.3, -0.25) is 9.89 Å². The van der Waals surface area contributed by atoms with Gasteiger partial charge in [0.2, 0.25) is 0 Å². The third kappa shape index (κ3) is 4.15. The third-order valence-electron chi connectivity index (χ3n) is 6.59. The van der Waals surface area contributed by atoms with Crippen molar-refractivity contribution in [1.82, 2.24) is 15.1 Å². The van der Waals surface area contributed by atoms with Crippen molar-refractivity contribution in [2.24, 2.45) is 0 Å². The number of halogens is 1. The predicted octanol–water partition coefficient (Wildman–Crippen LogP) is 5.85. The van der Waals surface area contributed by atoms with Crippen LogP contribution < -0.4 is 4.74 Å². The van der Waals surface area contributed by atoms with Crippen molar-refractivity contribution < 1.29 is 14.6 Å². The Morgan fingerprint density at radius 1 is 1.09 bits per heavy atom. The molecular formula is C28H26ClN3O3. The summed E-state index contributed by atoms with van der Waals surface area (Å²) in [5.41, 5.74) is 6.23. The average molecular weight is 488 g/mol. The molecule has 1 aromatic heterocycles. The van der Waals surface area contributed by atoms with Gasteiger partial charge in [-0.1, -0.05) is 53.6 Å². The molecule has 2 heterocycles. The molecule has 1 atom stereocenters. The van der Waals surface area contributed by atoms with Crippen LogP contribution in [-0.2, 0) is 6.42 Å². The number of hydrogen-bond donors (Lipinski definition) is 2. The molecule has 0 aliphatic carbocycles. The van der Waals surface area contributed by atoms with Crippen LogP contribution in [0.5, 0.6) is 11.5 Å². The van der Waals surface area contributed by atoms with E-state index in [1.165, 1.54) is 0 Å². The van der Waals surface area contributed by atoms with E-state index < -0.39 is 0 Å². The lowest BCUT2D eigenvalue weighted by atomic mass is 9.94. The number of carbonyl (C=O) groups is 1. The molecule has 0 fully saturated rings. The van der Waals surface area contributed by atoms with Gasteiger partial charge in [0, 0.05) is 22.7 Å². The van der Waals surface area contributed by atoms with E-state index in [4.69, 9.17) is 16.3 Å². The summed E-state index contributed by atoms with van der Waals surface area (Å²) in [6.45, 7) is 4.39. The summed E-state index contributed by atoms with van der Waals surface area (Å²) in [4.78, 5) is 15.4. The second-order valence-corrected chi connectivity index (χ2v) is 9.30. The molecule has 2 N–H and O–H groups in total. The smallest absolute Gasteiger partial charge is 0.273 e. The lowest BCUT2D eigenvalue weighted by molar-refractivity contribution is 0.0746. The second-order valence-electron chi connectivity index (χ2n) is 8.89. The van der Waals surface area contributed by atoms with Crippen LogP contribution in [0.25, 0.3) is 11.3 Å². The number of ether oxygens (including phenoxy) is 1. The highest BCUT2D eigenvalue weighted by atomic mass is 35.5. The third-order valence-corrected chi connectivity index (χ3v) is 7.00. The highest BCUT2D eigenvalue weighted by Crippen LogP contribution is 2.45. The number of phenolic OH excluding ortho intramolecular Hbond substituents is 1. The predicted molar refractivity (Wildman–Crippen MR) is 136 cm³/mol. The van der Waals surface area contributed by atoms with E-state index in [0.29, 0.717) is 34.9 Å². The van der Waals surface area contributed by atoms with E-state index >= 15 is 0 Å². The number of fused-ring (bicyclic) bond motifs is 1. The largest absolute Gasteiger partial charge is 0.507 e. The summed E-state index contributed by atoms with van der Waals surface area (Å²) in [5.74, 6) is 0.759. The maximum atomic E-state index is 13.6. The van der Waals surface area contributed by atoms with Crippen molar-refractivity contribution in [3.05, 3.63) is 99.2 Å². The topological polar surface area (TPSA) is 78.5 Å². The van der Waals surface area contributed by atoms with E-state index in [1.54, 1.807) is 19.2 Å². The van der Waals surface area contributed by atoms with Crippen LogP contribution in [0.4, 0.5) is 0 Å². The number of nitrogens with one attached hydrogen (secondary N) is 1. The first-order valence-electron chi connectivity index (χ1n) is 11.5. The maximum absolute atomic E-state index is 13.6. The molecule has 178 valence electrons. The molecule has 0 radical (unpaired) electrons. The number of carbonyl (C=O) groups excluding carboxylic acids is 1. The van der Waals surface area contributed by atoms with Crippen LogP contribution in [0.3, 0.4) is 0 Å². The number of aryl methyl sites for hydroxylation is 2. The van der Waals surface area contributed by atoms with E-state index in [0.717, 1.165) is 33.6 Å². The summed E-state index contributed by atoms with van der Waals surface area (Å²) >= 11 is 6.39. The SMILES string of the molecule is COc1ccc(CCN2C(=O)c3[nH]nc(-c4cc(Cl)c(C)cc4O)c3[C@@H]2c2ccc(C)cc2)cc1. The number of nitrogens with zero attached hydrogens (tertiary/aromatic N) is 2. The number of phenols is 1. The van der Waals surface area contributed by atoms with Crippen LogP contribution in [0, 0.1) is 13.8 Å². The Hall–Kier alpha value is -3.77. The Balaban J connectivity index is 1.57. The zero-order chi connectivity index (χ0) is 24.7. The number of amides is 1. The summed E-state index contributed by atoms with van der Waals surface area (Å²) in [5, 5.41) is 18.6. The minimum Gasteiger partial charge on any atom is -0.507 e. The van der Waals surface area contributed by atoms with Gasteiger partial charge in [0.05, 0.1) is 13.2 Å². The molecule has 0 unspecified atom stereocenters. The molecule has 5 rings (SSSR count). The number of rotatable bonds is 6. The number of aromatic hydroxyl groups is 1. The Labute approximate surface area is 209 Å². The number of H-pyrrole nitrogens is 1. The van der Waals surface area contributed by atoms with E-state index in [1.807, 2.05) is 67.3 Å². The first kappa shape index (κ1) is 23.0. The molecule has 35 heavy (non-hydrogen) atoms. The summed E-state index contributed by atoms with van der Waals surface area (Å²) in [7, 11) is 1.64. The first-order valence-corrected chi connectivity index (χ1v) is 11.8. The molecule has 1 aliphatic rings. The fourth-order valence-electron chi connectivity index (χ4n) is 4.63. The average Bonchev–Trinajstić information content (AvgIpc) is 3.40. The molecule has 4 aromatic rings. The second kappa shape index (κ2) is 9.12. The normalized spacial score (nSPS) is 14.9. The van der Waals surface area contributed by atoms with Gasteiger partial charge in [-0.25, -0.2) is 0 Å². The van der Waals surface area contributed by atoms with Gasteiger partial charge in [-0.2, -0.15) is 5.10 Å². The minimum atomic E-state index is -0.343. The van der Waals surface area contributed by atoms with Crippen LogP contribution >= 0.6 is 11.6 Å². The molecular weight excluding hydrogens is 462 g/mol. The first-order chi connectivity index (χ1) is 16.9. The van der Waals surface area contributed by atoms with Crippen LogP contribution in [0.2, 0.25) is 5.02 Å². The van der Waals surface area contributed by atoms with Gasteiger partial charge in [-0.05, 0) is 61.2 Å². The monoisotopic (exact) mass is 487 g/mol. The molecule has 0 saturated heterocycles. The van der Waals surface area contributed by atoms with Gasteiger partial charge < -0.3 is 14.7 Å². The Kier molecular flexibility index (Phi) is 5.99. The lowest BCUT2D eigenvalue weighted by Gasteiger charge is -2.26. The van der Waals surface area contributed by atoms with Crippen molar-refractivity contribution >= 4 is 17.5 Å². The molecule has 6 nitrogen and oxygen atoms in total. The van der Waals surface area contributed by atoms with Crippen LogP contribution in [0.15, 0.2) is 60.7 Å². The molecule has 0 spiro atoms. The van der Waals surface area contributed by atoms with E-state index in [2.05, 4.69) is 10.2 Å². The van der Waals surface area contributed by atoms with Gasteiger partial charge >= 0.3 is 0 Å². The van der Waals surface area contributed by atoms with E-state index in [-0.39, 0.29) is 17.7 Å². The molecule has 1 aliphatic heterocycles. The minimum absolute atomic E-state index is 0.0768. The maximum Gasteiger partial charge on any atom is 0.273 e. The number of methoxy groups -OCH3 is 1. The molecule has 0 saturated carbocycles. The van der Waals surface area contributed by atoms with Crippen molar-refractivity contribution in [3.63, 3.8) is 0 Å². The van der Waals surface area contributed by atoms with Gasteiger partial charge in [0.1, 0.15) is 22.9 Å². The lowest BCUT2D eigenvalue weighted by Crippen LogP contribution is -2.31. The fraction of sp³-hybridized carbons (Fsp3) is 0.214. The van der Waals surface area contributed by atoms with Gasteiger partial charge in [-0.15, -0.1) is 0 Å². The van der Waals surface area contributed by atoms with Crippen molar-refractivity contribution in [2.75, 3.05) is 13.7 Å². The molecule has 1 amide bonds. The van der Waals surface area contributed by atoms with Crippen molar-refractivity contribution in [2.45, 2.75) is 26.3 Å². The molecule has 3 aromatic carbocycles. The summed E-state index contributed by atoms with van der Waals surface area (Å²) in [6.07, 6.45) is 0.687. The van der Waals surface area contributed by atoms with E-state index in [9.17, 15) is 9.90 Å². The molecule has 0 bridgehead atoms. The number of aromatic nitrogens is 2. The zero-order valence-corrected chi connectivity index (χ0v) is 20.6. The standard InChI is InChI=1S/C28H26ClN3O3/c1-16-4-8-19(9-5-16)27-24-25(21-15-22(29)17(2)14-23(21)33)30-31-26(24)28(34)32(27)13-12-18-6-10-20(35-3)11-7-18/h4-11,14-15,27,33H,12-13H2,1-3H3,(H,30,31)/t27-/m0/s1.